The zero-order chi connectivity index (χ0) is 45.2. The lowest BCUT2D eigenvalue weighted by Gasteiger charge is -2.26. The number of hydrogen-bond donors (Lipinski definition) is 5. The summed E-state index contributed by atoms with van der Waals surface area (Å²) in [4.78, 5) is 51.7. The summed E-state index contributed by atoms with van der Waals surface area (Å²) in [5, 5.41) is 16.4. The summed E-state index contributed by atoms with van der Waals surface area (Å²) in [6.07, 6.45) is 2.14. The van der Waals surface area contributed by atoms with Crippen molar-refractivity contribution in [1.29, 1.82) is 0 Å². The Hall–Kier alpha value is -4.85. The number of carbonyl (C=O) groups is 4. The molecule has 0 radical (unpaired) electrons. The van der Waals surface area contributed by atoms with Crippen molar-refractivity contribution in [3.63, 3.8) is 0 Å². The fraction of sp³-hybridized carbons (Fsp3) is 0.364. The first-order valence-electron chi connectivity index (χ1n) is 20.2. The standard InChI is InChI=1S/C22H22ClF2N3O3.C16H13ClF2N2O.C6H11NO3.ClH/c23-16-11-13(1-4-17(16)24)26-22(30)15-2-5-18(25)21-14(15)3-6-19(21)27-20(29)12-28-7-9-31-10-8-28;17-11-7-8(1-4-12(11)18)21-16(22)10-2-5-13(19)15-9(10)3-6-14(15)20;8-6(9)5-7-1-3-10-4-2-7;/h1-2,4-5,11,19H,3,6-10,12H2,(H,26,30)(H,27,29);1-2,4-5,7,14H,3,6,20H2,(H,21,22);1-5H2,(H,8,9);1H/t19-;14-;;/m00../s1. The van der Waals surface area contributed by atoms with Crippen molar-refractivity contribution < 1.29 is 51.3 Å². The first kappa shape index (κ1) is 50.2. The van der Waals surface area contributed by atoms with Gasteiger partial charge in [0, 0.05) is 65.8 Å². The van der Waals surface area contributed by atoms with Gasteiger partial charge in [-0.2, -0.15) is 0 Å². The Kier molecular flexibility index (Phi) is 18.3. The fourth-order valence-electron chi connectivity index (χ4n) is 7.73. The van der Waals surface area contributed by atoms with E-state index in [1.54, 1.807) is 0 Å². The Labute approximate surface area is 382 Å². The summed E-state index contributed by atoms with van der Waals surface area (Å²) in [5.74, 6) is -3.78. The number of aliphatic carboxylic acids is 1. The number of rotatable bonds is 9. The van der Waals surface area contributed by atoms with E-state index in [-0.39, 0.29) is 53.3 Å². The Morgan fingerprint density at radius 2 is 1.09 bits per heavy atom. The third-order valence-corrected chi connectivity index (χ3v) is 11.4. The first-order valence-corrected chi connectivity index (χ1v) is 21.0. The van der Waals surface area contributed by atoms with Crippen LogP contribution in [0.15, 0.2) is 60.7 Å². The minimum Gasteiger partial charge on any atom is -0.480 e. The molecule has 0 saturated carbocycles. The van der Waals surface area contributed by atoms with Crippen LogP contribution in [0.1, 0.15) is 67.9 Å². The van der Waals surface area contributed by atoms with Crippen molar-refractivity contribution in [2.75, 3.05) is 76.3 Å². The molecule has 4 aromatic rings. The van der Waals surface area contributed by atoms with E-state index >= 15 is 0 Å². The topological polar surface area (TPSA) is 176 Å². The highest BCUT2D eigenvalue weighted by molar-refractivity contribution is 6.31. The third-order valence-electron chi connectivity index (χ3n) is 10.8. The SMILES string of the molecule is Cl.N[C@H]1CCc2c(C(=O)Nc3ccc(F)c(Cl)c3)ccc(F)c21.O=C(CN1CCOCC1)N[C@H]1CCc2c(C(=O)Nc3ccc(F)c(Cl)c3)ccc(F)c21.O=C(O)CN1CCOCC1. The molecular formula is C44H47Cl3F4N6O7. The average molecular weight is 954 g/mol. The van der Waals surface area contributed by atoms with Gasteiger partial charge in [-0.1, -0.05) is 23.2 Å². The van der Waals surface area contributed by atoms with Crippen LogP contribution in [0, 0.1) is 23.3 Å². The van der Waals surface area contributed by atoms with Crippen molar-refractivity contribution in [2.24, 2.45) is 5.73 Å². The Bertz CT molecular complexity index is 2340. The van der Waals surface area contributed by atoms with E-state index in [0.29, 0.717) is 110 Å². The summed E-state index contributed by atoms with van der Waals surface area (Å²) < 4.78 is 65.3. The summed E-state index contributed by atoms with van der Waals surface area (Å²) in [7, 11) is 0. The quantitative estimate of drug-likeness (QED) is 0.111. The predicted molar refractivity (Wildman–Crippen MR) is 235 cm³/mol. The number of carboxylic acids is 1. The number of nitrogens with zero attached hydrogens (tertiary/aromatic N) is 2. The second kappa shape index (κ2) is 23.4. The molecule has 0 spiro atoms. The highest BCUT2D eigenvalue weighted by Crippen LogP contribution is 2.37. The molecule has 6 N–H and O–H groups in total. The van der Waals surface area contributed by atoms with Crippen LogP contribution in [0.5, 0.6) is 0 Å². The molecule has 3 amide bonds. The fourth-order valence-corrected chi connectivity index (χ4v) is 8.09. The van der Waals surface area contributed by atoms with Crippen molar-refractivity contribution in [1.82, 2.24) is 15.1 Å². The number of hydrogen-bond acceptors (Lipinski definition) is 9. The summed E-state index contributed by atoms with van der Waals surface area (Å²) in [6.45, 7) is 5.71. The van der Waals surface area contributed by atoms with Crippen molar-refractivity contribution in [2.45, 2.75) is 37.8 Å². The number of nitrogens with two attached hydrogens (primary N) is 1. The highest BCUT2D eigenvalue weighted by atomic mass is 35.5. The number of morpholine rings is 2. The molecule has 4 aliphatic rings. The minimum absolute atomic E-state index is 0. The molecule has 2 fully saturated rings. The number of ether oxygens (including phenoxy) is 2. The highest BCUT2D eigenvalue weighted by Gasteiger charge is 2.32. The molecule has 2 aliphatic carbocycles. The molecule has 0 unspecified atom stereocenters. The maximum Gasteiger partial charge on any atom is 0.317 e. The van der Waals surface area contributed by atoms with Gasteiger partial charge in [-0.3, -0.25) is 29.0 Å². The van der Waals surface area contributed by atoms with E-state index in [2.05, 4.69) is 16.0 Å². The smallest absolute Gasteiger partial charge is 0.317 e. The number of benzene rings is 4. The van der Waals surface area contributed by atoms with E-state index in [9.17, 15) is 36.7 Å². The summed E-state index contributed by atoms with van der Waals surface area (Å²) in [6, 6.07) is 12.2. The van der Waals surface area contributed by atoms with Gasteiger partial charge in [0.05, 0.1) is 55.6 Å². The summed E-state index contributed by atoms with van der Waals surface area (Å²) >= 11 is 11.5. The first-order chi connectivity index (χ1) is 30.2. The minimum atomic E-state index is -0.762. The number of carbonyl (C=O) groups excluding carboxylic acids is 3. The van der Waals surface area contributed by atoms with Crippen molar-refractivity contribution >= 4 is 70.7 Å². The van der Waals surface area contributed by atoms with Crippen LogP contribution in [0.2, 0.25) is 10.0 Å². The molecule has 2 atom stereocenters. The predicted octanol–water partition coefficient (Wildman–Crippen LogP) is 6.95. The molecule has 8 rings (SSSR count). The largest absolute Gasteiger partial charge is 0.480 e. The molecule has 2 saturated heterocycles. The monoisotopic (exact) mass is 952 g/mol. The molecule has 13 nitrogen and oxygen atoms in total. The van der Waals surface area contributed by atoms with Crippen LogP contribution >= 0.6 is 35.6 Å². The normalized spacial score (nSPS) is 17.9. The Balaban J connectivity index is 0.000000203. The van der Waals surface area contributed by atoms with Gasteiger partial charge in [0.2, 0.25) is 5.91 Å². The Morgan fingerprint density at radius 3 is 1.58 bits per heavy atom. The summed E-state index contributed by atoms with van der Waals surface area (Å²) in [5.41, 5.74) is 9.25. The second-order valence-electron chi connectivity index (χ2n) is 15.1. The second-order valence-corrected chi connectivity index (χ2v) is 15.9. The van der Waals surface area contributed by atoms with E-state index in [1.165, 1.54) is 54.6 Å². The van der Waals surface area contributed by atoms with Gasteiger partial charge in [-0.15, -0.1) is 12.4 Å². The number of amides is 3. The molecule has 64 heavy (non-hydrogen) atoms. The maximum absolute atomic E-state index is 14.6. The van der Waals surface area contributed by atoms with Crippen LogP contribution in [-0.2, 0) is 31.9 Å². The zero-order valence-electron chi connectivity index (χ0n) is 34.4. The lowest BCUT2D eigenvalue weighted by Crippen LogP contribution is -2.43. The molecule has 2 aliphatic heterocycles. The van der Waals surface area contributed by atoms with E-state index in [1.807, 2.05) is 9.80 Å². The van der Waals surface area contributed by atoms with Gasteiger partial charge < -0.3 is 36.3 Å². The van der Waals surface area contributed by atoms with Crippen LogP contribution < -0.4 is 21.7 Å². The molecule has 2 heterocycles. The van der Waals surface area contributed by atoms with Crippen LogP contribution in [0.4, 0.5) is 28.9 Å². The van der Waals surface area contributed by atoms with Crippen LogP contribution in [-0.4, -0.2) is 104 Å². The van der Waals surface area contributed by atoms with Gasteiger partial charge in [0.25, 0.3) is 11.8 Å². The third kappa shape index (κ3) is 13.1. The van der Waals surface area contributed by atoms with Gasteiger partial charge in [0.1, 0.15) is 23.3 Å². The molecular weight excluding hydrogens is 907 g/mol. The van der Waals surface area contributed by atoms with Gasteiger partial charge in [-0.25, -0.2) is 17.6 Å². The number of anilines is 2. The molecule has 344 valence electrons. The zero-order valence-corrected chi connectivity index (χ0v) is 36.7. The molecule has 4 aromatic carbocycles. The number of halogens is 7. The van der Waals surface area contributed by atoms with E-state index in [0.717, 1.165) is 19.2 Å². The Morgan fingerprint density at radius 1 is 0.656 bits per heavy atom. The van der Waals surface area contributed by atoms with Crippen molar-refractivity contribution in [3.8, 4) is 0 Å². The lowest BCUT2D eigenvalue weighted by atomic mass is 10.0. The van der Waals surface area contributed by atoms with E-state index < -0.39 is 41.3 Å². The maximum atomic E-state index is 14.6. The molecule has 20 heteroatoms. The number of carboxylic acid groups (broad SMARTS) is 1. The number of fused-ring (bicyclic) bond motifs is 2. The number of nitrogens with one attached hydrogen (secondary N) is 3. The molecule has 0 bridgehead atoms. The lowest BCUT2D eigenvalue weighted by molar-refractivity contribution is -0.139. The average Bonchev–Trinajstić information content (AvgIpc) is 3.86. The van der Waals surface area contributed by atoms with Gasteiger partial charge in [-0.05, 0) is 97.5 Å². The van der Waals surface area contributed by atoms with Crippen LogP contribution in [0.25, 0.3) is 0 Å². The van der Waals surface area contributed by atoms with Crippen LogP contribution in [0.3, 0.4) is 0 Å². The molecule has 0 aromatic heterocycles. The van der Waals surface area contributed by atoms with Gasteiger partial charge in [0.15, 0.2) is 0 Å². The van der Waals surface area contributed by atoms with Gasteiger partial charge >= 0.3 is 5.97 Å². The van der Waals surface area contributed by atoms with Crippen molar-refractivity contribution in [3.05, 3.63) is 127 Å². The van der Waals surface area contributed by atoms with E-state index in [4.69, 9.17) is 43.5 Å².